The molecule has 24 heavy (non-hydrogen) atoms. The molecule has 6 nitrogen and oxygen atoms in total. The lowest BCUT2D eigenvalue weighted by Gasteiger charge is -2.14. The molecule has 0 bridgehead atoms. The van der Waals surface area contributed by atoms with Crippen LogP contribution in [0.5, 0.6) is 0 Å². The minimum atomic E-state index is -4.83. The number of nitrogens with one attached hydrogen (secondary N) is 1. The molecule has 1 fully saturated rings. The number of alkyl halides is 3. The maximum atomic E-state index is 14.1. The molecule has 0 spiro atoms. The van der Waals surface area contributed by atoms with Crippen molar-refractivity contribution in [3.05, 3.63) is 35.5 Å². The van der Waals surface area contributed by atoms with Crippen LogP contribution in [0.15, 0.2) is 22.7 Å². The Kier molecular flexibility index (Phi) is 3.78. The van der Waals surface area contributed by atoms with E-state index < -0.39 is 35.2 Å². The van der Waals surface area contributed by atoms with Gasteiger partial charge in [-0.05, 0) is 31.0 Å². The smallest absolute Gasteiger partial charge is 0.394 e. The lowest BCUT2D eigenvalue weighted by Crippen LogP contribution is -2.39. The van der Waals surface area contributed by atoms with Gasteiger partial charge in [0.25, 0.3) is 5.91 Å². The van der Waals surface area contributed by atoms with Crippen molar-refractivity contribution in [1.29, 1.82) is 0 Å². The first-order valence-electron chi connectivity index (χ1n) is 6.88. The summed E-state index contributed by atoms with van der Waals surface area (Å²) in [5.41, 5.74) is -1.02. The van der Waals surface area contributed by atoms with Crippen LogP contribution >= 0.6 is 0 Å². The van der Waals surface area contributed by atoms with Crippen molar-refractivity contribution in [2.75, 3.05) is 6.61 Å². The van der Waals surface area contributed by atoms with Crippen molar-refractivity contribution in [2.24, 2.45) is 0 Å². The number of aromatic nitrogens is 2. The summed E-state index contributed by atoms with van der Waals surface area (Å²) in [4.78, 5) is 15.1. The Hall–Kier alpha value is -2.49. The highest BCUT2D eigenvalue weighted by atomic mass is 19.4. The number of hydrogen-bond donors (Lipinski definition) is 2. The van der Waals surface area contributed by atoms with Crippen LogP contribution in [-0.4, -0.2) is 33.3 Å². The van der Waals surface area contributed by atoms with Crippen LogP contribution in [0.1, 0.15) is 29.1 Å². The Morgan fingerprint density at radius 2 is 2.08 bits per heavy atom. The van der Waals surface area contributed by atoms with E-state index in [2.05, 4.69) is 20.0 Å². The Labute approximate surface area is 132 Å². The van der Waals surface area contributed by atoms with Crippen LogP contribution in [0.25, 0.3) is 11.4 Å². The van der Waals surface area contributed by atoms with E-state index >= 15 is 0 Å². The number of aliphatic hydroxyl groups is 1. The molecule has 128 valence electrons. The number of halogens is 4. The van der Waals surface area contributed by atoms with Crippen molar-refractivity contribution in [1.82, 2.24) is 15.5 Å². The van der Waals surface area contributed by atoms with Crippen molar-refractivity contribution in [2.45, 2.75) is 24.6 Å². The van der Waals surface area contributed by atoms with Gasteiger partial charge < -0.3 is 14.9 Å². The molecule has 0 radical (unpaired) electrons. The van der Waals surface area contributed by atoms with Crippen molar-refractivity contribution >= 4 is 5.91 Å². The normalized spacial score (nSPS) is 16.0. The molecule has 1 aromatic carbocycles. The fourth-order valence-corrected chi connectivity index (χ4v) is 2.07. The Bertz CT molecular complexity index is 784. The molecule has 1 aliphatic carbocycles. The van der Waals surface area contributed by atoms with Crippen LogP contribution in [0.4, 0.5) is 17.6 Å². The number of carbonyl (C=O) groups excluding carboxylic acids is 1. The summed E-state index contributed by atoms with van der Waals surface area (Å²) in [5, 5.41) is 14.8. The van der Waals surface area contributed by atoms with Gasteiger partial charge in [-0.2, -0.15) is 18.2 Å². The van der Waals surface area contributed by atoms with Crippen LogP contribution < -0.4 is 5.32 Å². The third-order valence-corrected chi connectivity index (χ3v) is 3.68. The minimum Gasteiger partial charge on any atom is -0.394 e. The average Bonchev–Trinajstić information content (AvgIpc) is 3.10. The van der Waals surface area contributed by atoms with Gasteiger partial charge in [-0.15, -0.1) is 0 Å². The van der Waals surface area contributed by atoms with E-state index in [1.54, 1.807) is 0 Å². The van der Waals surface area contributed by atoms with Crippen molar-refractivity contribution < 1.29 is 32.0 Å². The molecule has 10 heteroatoms. The topological polar surface area (TPSA) is 88.2 Å². The Morgan fingerprint density at radius 1 is 1.38 bits per heavy atom. The summed E-state index contributed by atoms with van der Waals surface area (Å²) in [6.45, 7) is -0.220. The fraction of sp³-hybridized carbons (Fsp3) is 0.357. The molecule has 1 amide bonds. The van der Waals surface area contributed by atoms with Gasteiger partial charge in [0.05, 0.1) is 17.7 Å². The zero-order chi connectivity index (χ0) is 17.5. The minimum absolute atomic E-state index is 0.0319. The highest BCUT2D eigenvalue weighted by molar-refractivity contribution is 5.95. The first-order valence-corrected chi connectivity index (χ1v) is 6.88. The lowest BCUT2D eigenvalue weighted by molar-refractivity contribution is -0.159. The zero-order valence-corrected chi connectivity index (χ0v) is 12.0. The molecule has 1 aliphatic rings. The monoisotopic (exact) mass is 345 g/mol. The number of rotatable bonds is 4. The van der Waals surface area contributed by atoms with Crippen LogP contribution in [-0.2, 0) is 6.18 Å². The predicted octanol–water partition coefficient (Wildman–Crippen LogP) is 2.15. The summed E-state index contributed by atoms with van der Waals surface area (Å²) in [6.07, 6.45) is -3.58. The van der Waals surface area contributed by atoms with E-state index in [0.717, 1.165) is 12.1 Å². The molecule has 3 rings (SSSR count). The molecule has 0 unspecified atom stereocenters. The molecule has 0 saturated heterocycles. The number of nitrogens with zero attached hydrogens (tertiary/aromatic N) is 2. The second-order valence-electron chi connectivity index (χ2n) is 5.51. The van der Waals surface area contributed by atoms with Crippen LogP contribution in [0.3, 0.4) is 0 Å². The summed E-state index contributed by atoms with van der Waals surface area (Å²) < 4.78 is 55.4. The van der Waals surface area contributed by atoms with Gasteiger partial charge in [-0.1, -0.05) is 5.16 Å². The second-order valence-corrected chi connectivity index (χ2v) is 5.51. The number of hydrogen-bond acceptors (Lipinski definition) is 5. The lowest BCUT2D eigenvalue weighted by atomic mass is 10.1. The van der Waals surface area contributed by atoms with Gasteiger partial charge in [0.1, 0.15) is 5.82 Å². The standard InChI is InChI=1S/C14H11F4N3O3/c15-9-5-7(11(23)20-13(6-22)3-4-13)1-2-8(9)10-19-12(24-21-10)14(16,17)18/h1-2,5,22H,3-4,6H2,(H,20,23). The molecular weight excluding hydrogens is 334 g/mol. The van der Waals surface area contributed by atoms with E-state index in [1.165, 1.54) is 6.07 Å². The zero-order valence-electron chi connectivity index (χ0n) is 12.0. The van der Waals surface area contributed by atoms with Gasteiger partial charge in [0.15, 0.2) is 0 Å². The predicted molar refractivity (Wildman–Crippen MR) is 71.2 cm³/mol. The van der Waals surface area contributed by atoms with Gasteiger partial charge in [-0.25, -0.2) is 4.39 Å². The molecule has 2 aromatic rings. The largest absolute Gasteiger partial charge is 0.471 e. The van der Waals surface area contributed by atoms with Gasteiger partial charge in [0, 0.05) is 5.56 Å². The summed E-state index contributed by atoms with van der Waals surface area (Å²) in [6, 6.07) is 3.18. The van der Waals surface area contributed by atoms with Crippen molar-refractivity contribution in [3.8, 4) is 11.4 Å². The first-order chi connectivity index (χ1) is 11.2. The number of amides is 1. The molecule has 1 aromatic heterocycles. The van der Waals surface area contributed by atoms with Gasteiger partial charge in [-0.3, -0.25) is 4.79 Å². The molecule has 1 heterocycles. The highest BCUT2D eigenvalue weighted by Gasteiger charge is 2.43. The maximum absolute atomic E-state index is 14.1. The van der Waals surface area contributed by atoms with E-state index in [1.807, 2.05) is 0 Å². The summed E-state index contributed by atoms with van der Waals surface area (Å²) in [5.74, 6) is -3.71. The quantitative estimate of drug-likeness (QED) is 0.829. The molecule has 2 N–H and O–H groups in total. The van der Waals surface area contributed by atoms with Crippen LogP contribution in [0.2, 0.25) is 0 Å². The Morgan fingerprint density at radius 3 is 2.58 bits per heavy atom. The van der Waals surface area contributed by atoms with E-state index in [4.69, 9.17) is 5.11 Å². The van der Waals surface area contributed by atoms with Gasteiger partial charge >= 0.3 is 12.1 Å². The SMILES string of the molecule is O=C(NC1(CO)CC1)c1ccc(-c2noc(C(F)(F)F)n2)c(F)c1. The van der Waals surface area contributed by atoms with Gasteiger partial charge in [0.2, 0.25) is 5.82 Å². The Balaban J connectivity index is 1.82. The molecular formula is C14H11F4N3O3. The third kappa shape index (κ3) is 3.09. The second kappa shape index (κ2) is 5.55. The van der Waals surface area contributed by atoms with E-state index in [9.17, 15) is 22.4 Å². The molecule has 0 atom stereocenters. The third-order valence-electron chi connectivity index (χ3n) is 3.68. The number of aliphatic hydroxyl groups excluding tert-OH is 1. The van der Waals surface area contributed by atoms with Crippen LogP contribution in [0, 0.1) is 5.82 Å². The molecule has 0 aliphatic heterocycles. The number of carbonyl (C=O) groups is 1. The average molecular weight is 345 g/mol. The summed E-state index contributed by atoms with van der Waals surface area (Å²) in [7, 11) is 0. The fourth-order valence-electron chi connectivity index (χ4n) is 2.07. The first kappa shape index (κ1) is 16.4. The van der Waals surface area contributed by atoms with E-state index in [-0.39, 0.29) is 17.7 Å². The van der Waals surface area contributed by atoms with E-state index in [0.29, 0.717) is 12.8 Å². The van der Waals surface area contributed by atoms with Crippen molar-refractivity contribution in [3.63, 3.8) is 0 Å². The highest BCUT2D eigenvalue weighted by Crippen LogP contribution is 2.35. The maximum Gasteiger partial charge on any atom is 0.471 e. The molecule has 1 saturated carbocycles. The number of benzene rings is 1. The summed E-state index contributed by atoms with van der Waals surface area (Å²) >= 11 is 0.